The van der Waals surface area contributed by atoms with Gasteiger partial charge >= 0.3 is 0 Å². The maximum absolute atomic E-state index is 5.73. The lowest BCUT2D eigenvalue weighted by Crippen LogP contribution is -2.38. The first-order valence-corrected chi connectivity index (χ1v) is 10.5. The monoisotopic (exact) mass is 298 g/mol. The van der Waals surface area contributed by atoms with E-state index in [2.05, 4.69) is 0 Å². The third kappa shape index (κ3) is 1.39. The normalized spacial score (nSPS) is 69.8. The van der Waals surface area contributed by atoms with Crippen molar-refractivity contribution in [3.63, 3.8) is 0 Å². The predicted molar refractivity (Wildman–Crippen MR) is 85.1 cm³/mol. The molecule has 1 nitrogen and oxygen atoms in total. The molecule has 12 atom stereocenters. The summed E-state index contributed by atoms with van der Waals surface area (Å²) in [6, 6.07) is 0. The summed E-state index contributed by atoms with van der Waals surface area (Å²) in [6.45, 7) is 1.10. The van der Waals surface area contributed by atoms with E-state index in [1.807, 2.05) is 0 Å². The van der Waals surface area contributed by atoms with Crippen molar-refractivity contribution in [3.8, 4) is 0 Å². The molecule has 0 N–H and O–H groups in total. The summed E-state index contributed by atoms with van der Waals surface area (Å²) in [5.41, 5.74) is 0. The molecule has 6 saturated carbocycles. The molecule has 6 aliphatic carbocycles. The summed E-state index contributed by atoms with van der Waals surface area (Å²) in [7, 11) is 0. The molecule has 0 spiro atoms. The number of rotatable bonds is 2. The maximum Gasteiger partial charge on any atom is 0.0840 e. The van der Waals surface area contributed by atoms with E-state index in [4.69, 9.17) is 4.74 Å². The van der Waals surface area contributed by atoms with Gasteiger partial charge in [-0.25, -0.2) is 0 Å². The van der Waals surface area contributed by atoms with Crippen LogP contribution in [0.4, 0.5) is 0 Å². The Bertz CT molecular complexity index is 510. The van der Waals surface area contributed by atoms with Crippen LogP contribution in [0.3, 0.4) is 0 Å². The molecule has 22 heavy (non-hydrogen) atoms. The zero-order valence-corrected chi connectivity index (χ0v) is 13.7. The lowest BCUT2D eigenvalue weighted by atomic mass is 9.61. The number of hydrogen-bond acceptors (Lipinski definition) is 1. The summed E-state index contributed by atoms with van der Waals surface area (Å²) in [5, 5.41) is 0. The fourth-order valence-corrected chi connectivity index (χ4v) is 9.79. The Labute approximate surface area is 134 Å². The summed E-state index contributed by atoms with van der Waals surface area (Å²) in [5.74, 6) is 12.6. The van der Waals surface area contributed by atoms with Crippen LogP contribution in [-0.2, 0) is 4.74 Å². The molecular weight excluding hydrogens is 268 g/mol. The fraction of sp³-hybridized carbons (Fsp3) is 1.00. The number of ether oxygens (including phenoxy) is 1. The minimum atomic E-state index is 0.701. The minimum Gasteiger partial charge on any atom is -0.373 e. The Morgan fingerprint density at radius 3 is 1.95 bits per heavy atom. The first kappa shape index (κ1) is 12.3. The van der Waals surface area contributed by atoms with Gasteiger partial charge in [0.15, 0.2) is 0 Å². The quantitative estimate of drug-likeness (QED) is 0.545. The molecule has 6 bridgehead atoms. The predicted octanol–water partition coefficient (Wildman–Crippen LogP) is 4.37. The SMILES string of the molecule is C1CC2CC1C1C3CC(C4CC5CC(C6CO6)C4C5)C(C3)C21. The highest BCUT2D eigenvalue weighted by Gasteiger charge is 2.65. The van der Waals surface area contributed by atoms with Gasteiger partial charge in [0, 0.05) is 0 Å². The van der Waals surface area contributed by atoms with E-state index in [0.29, 0.717) is 6.10 Å². The third-order valence-electron chi connectivity index (χ3n) is 10.1. The van der Waals surface area contributed by atoms with Gasteiger partial charge in [0.05, 0.1) is 12.7 Å². The Balaban J connectivity index is 1.18. The molecular formula is C21H30O. The van der Waals surface area contributed by atoms with E-state index < -0.39 is 0 Å². The van der Waals surface area contributed by atoms with Crippen LogP contribution in [0.2, 0.25) is 0 Å². The second kappa shape index (κ2) is 3.95. The first-order valence-electron chi connectivity index (χ1n) is 10.5. The Morgan fingerprint density at radius 1 is 0.545 bits per heavy atom. The molecule has 0 amide bonds. The van der Waals surface area contributed by atoms with Crippen molar-refractivity contribution in [1.82, 2.24) is 0 Å². The smallest absolute Gasteiger partial charge is 0.0840 e. The van der Waals surface area contributed by atoms with Gasteiger partial charge in [-0.2, -0.15) is 0 Å². The van der Waals surface area contributed by atoms with Crippen LogP contribution in [0.25, 0.3) is 0 Å². The largest absolute Gasteiger partial charge is 0.373 e. The molecule has 1 heteroatoms. The van der Waals surface area contributed by atoms with Gasteiger partial charge in [-0.3, -0.25) is 0 Å². The minimum absolute atomic E-state index is 0.701. The van der Waals surface area contributed by atoms with Gasteiger partial charge in [0.1, 0.15) is 0 Å². The Kier molecular flexibility index (Phi) is 2.22. The van der Waals surface area contributed by atoms with Gasteiger partial charge in [0.2, 0.25) is 0 Å². The van der Waals surface area contributed by atoms with Crippen molar-refractivity contribution >= 4 is 0 Å². The molecule has 7 aliphatic rings. The first-order chi connectivity index (χ1) is 10.9. The van der Waals surface area contributed by atoms with Crippen molar-refractivity contribution < 1.29 is 4.74 Å². The van der Waals surface area contributed by atoms with Crippen LogP contribution in [-0.4, -0.2) is 12.7 Å². The van der Waals surface area contributed by atoms with Crippen molar-refractivity contribution in [2.45, 2.75) is 57.5 Å². The molecule has 120 valence electrons. The lowest BCUT2D eigenvalue weighted by Gasteiger charge is -2.44. The fourth-order valence-electron chi connectivity index (χ4n) is 9.79. The van der Waals surface area contributed by atoms with Crippen LogP contribution in [0.5, 0.6) is 0 Å². The van der Waals surface area contributed by atoms with Gasteiger partial charge in [-0.15, -0.1) is 0 Å². The standard InChI is InChI=1S/C21H30O/c1-2-12-6-11(1)20-13-7-16(18(8-13)21(12)20)14-3-10-4-15(14)17(5-10)19-9-22-19/h10-21H,1-9H2. The summed E-state index contributed by atoms with van der Waals surface area (Å²) in [6.07, 6.45) is 13.6. The van der Waals surface area contributed by atoms with Crippen LogP contribution in [0.15, 0.2) is 0 Å². The van der Waals surface area contributed by atoms with Crippen LogP contribution < -0.4 is 0 Å². The highest BCUT2D eigenvalue weighted by molar-refractivity contribution is 5.13. The molecule has 1 saturated heterocycles. The lowest BCUT2D eigenvalue weighted by molar-refractivity contribution is 0.0418. The molecule has 0 aromatic rings. The van der Waals surface area contributed by atoms with Crippen LogP contribution in [0, 0.1) is 65.1 Å². The van der Waals surface area contributed by atoms with Crippen molar-refractivity contribution in [2.24, 2.45) is 65.1 Å². The van der Waals surface area contributed by atoms with Crippen molar-refractivity contribution in [2.75, 3.05) is 6.61 Å². The highest BCUT2D eigenvalue weighted by Crippen LogP contribution is 2.72. The highest BCUT2D eigenvalue weighted by atomic mass is 16.6. The van der Waals surface area contributed by atoms with Crippen LogP contribution >= 0.6 is 0 Å². The Hall–Kier alpha value is -0.0400. The summed E-state index contributed by atoms with van der Waals surface area (Å²) < 4.78 is 5.73. The van der Waals surface area contributed by atoms with Crippen molar-refractivity contribution in [1.29, 1.82) is 0 Å². The number of fused-ring (bicyclic) bond motifs is 11. The second-order valence-corrected chi connectivity index (χ2v) is 10.5. The molecule has 7 fully saturated rings. The van der Waals surface area contributed by atoms with E-state index in [-0.39, 0.29) is 0 Å². The molecule has 0 radical (unpaired) electrons. The summed E-state index contributed by atoms with van der Waals surface area (Å²) in [4.78, 5) is 0. The topological polar surface area (TPSA) is 12.5 Å². The van der Waals surface area contributed by atoms with Crippen molar-refractivity contribution in [3.05, 3.63) is 0 Å². The van der Waals surface area contributed by atoms with Gasteiger partial charge in [0.25, 0.3) is 0 Å². The summed E-state index contributed by atoms with van der Waals surface area (Å²) >= 11 is 0. The molecule has 7 rings (SSSR count). The molecule has 1 aliphatic heterocycles. The average Bonchev–Trinajstić information content (AvgIpc) is 3.10. The Morgan fingerprint density at radius 2 is 1.18 bits per heavy atom. The molecule has 1 heterocycles. The van der Waals surface area contributed by atoms with Gasteiger partial charge in [-0.1, -0.05) is 0 Å². The zero-order valence-electron chi connectivity index (χ0n) is 13.7. The van der Waals surface area contributed by atoms with E-state index in [1.165, 1.54) is 41.9 Å². The zero-order chi connectivity index (χ0) is 14.0. The van der Waals surface area contributed by atoms with E-state index in [9.17, 15) is 0 Å². The van der Waals surface area contributed by atoms with Gasteiger partial charge in [-0.05, 0) is 116 Å². The molecule has 12 unspecified atom stereocenters. The van der Waals surface area contributed by atoms with Crippen LogP contribution in [0.1, 0.15) is 51.4 Å². The van der Waals surface area contributed by atoms with E-state index in [1.54, 1.807) is 44.9 Å². The maximum atomic E-state index is 5.73. The van der Waals surface area contributed by atoms with E-state index >= 15 is 0 Å². The molecule has 0 aromatic heterocycles. The second-order valence-electron chi connectivity index (χ2n) is 10.5. The van der Waals surface area contributed by atoms with E-state index in [0.717, 1.165) is 36.2 Å². The molecule has 0 aromatic carbocycles. The number of hydrogen-bond donors (Lipinski definition) is 0. The van der Waals surface area contributed by atoms with Gasteiger partial charge < -0.3 is 4.74 Å². The third-order valence-corrected chi connectivity index (χ3v) is 10.1. The number of epoxide rings is 1. The average molecular weight is 298 g/mol.